The number of ether oxygens (including phenoxy) is 2. The van der Waals surface area contributed by atoms with Gasteiger partial charge in [-0.05, 0) is 47.4 Å². The lowest BCUT2D eigenvalue weighted by atomic mass is 10.1. The van der Waals surface area contributed by atoms with Crippen molar-refractivity contribution in [2.75, 3.05) is 13.9 Å². The van der Waals surface area contributed by atoms with E-state index in [9.17, 15) is 0 Å². The summed E-state index contributed by atoms with van der Waals surface area (Å²) in [5.41, 5.74) is 8.71. The average molecular weight is 288 g/mol. The molecule has 0 spiro atoms. The third-order valence-electron chi connectivity index (χ3n) is 3.05. The van der Waals surface area contributed by atoms with Gasteiger partial charge in [-0.2, -0.15) is 0 Å². The van der Waals surface area contributed by atoms with Crippen molar-refractivity contribution < 1.29 is 9.47 Å². The minimum absolute atomic E-state index is 0.231. The van der Waals surface area contributed by atoms with Crippen molar-refractivity contribution in [3.63, 3.8) is 0 Å². The van der Waals surface area contributed by atoms with Crippen LogP contribution in [-0.2, 0) is 4.74 Å². The Morgan fingerprint density at radius 3 is 2.75 bits per heavy atom. The van der Waals surface area contributed by atoms with Gasteiger partial charge in [-0.1, -0.05) is 6.07 Å². The van der Waals surface area contributed by atoms with E-state index in [2.05, 4.69) is 34.4 Å². The molecule has 2 heterocycles. The largest absolute Gasteiger partial charge is 0.468 e. The maximum Gasteiger partial charge on any atom is 0.188 e. The fraction of sp³-hybridized carbons (Fsp3) is 0.200. The third kappa shape index (κ3) is 2.85. The highest BCUT2D eigenvalue weighted by molar-refractivity contribution is 7.10. The summed E-state index contributed by atoms with van der Waals surface area (Å²) in [4.78, 5) is 1.30. The predicted molar refractivity (Wildman–Crippen MR) is 80.3 cm³/mol. The molecule has 3 rings (SSSR count). The van der Waals surface area contributed by atoms with E-state index >= 15 is 0 Å². The van der Waals surface area contributed by atoms with Crippen molar-refractivity contribution >= 4 is 17.0 Å². The molecule has 0 amide bonds. The van der Waals surface area contributed by atoms with Crippen LogP contribution in [0, 0.1) is 0 Å². The fourth-order valence-corrected chi connectivity index (χ4v) is 2.80. The van der Waals surface area contributed by atoms with Crippen LogP contribution in [0.4, 0.5) is 0 Å². The van der Waals surface area contributed by atoms with Crippen molar-refractivity contribution in [1.29, 1.82) is 0 Å². The predicted octanol–water partition coefficient (Wildman–Crippen LogP) is 2.92. The first-order chi connectivity index (χ1) is 9.86. The molecule has 0 aliphatic carbocycles. The Kier molecular flexibility index (Phi) is 4.01. The molecule has 0 fully saturated rings. The fourth-order valence-electron chi connectivity index (χ4n) is 2.05. The van der Waals surface area contributed by atoms with Crippen molar-refractivity contribution in [1.82, 2.24) is 10.9 Å². The highest BCUT2D eigenvalue weighted by Gasteiger charge is 2.17. The van der Waals surface area contributed by atoms with Gasteiger partial charge in [-0.25, -0.2) is 5.43 Å². The van der Waals surface area contributed by atoms with Gasteiger partial charge in [0.2, 0.25) is 0 Å². The molecule has 104 valence electrons. The van der Waals surface area contributed by atoms with E-state index in [0.717, 1.165) is 17.0 Å². The van der Waals surface area contributed by atoms with Crippen LogP contribution in [0.2, 0.25) is 0 Å². The van der Waals surface area contributed by atoms with Crippen LogP contribution in [0.3, 0.4) is 0 Å². The molecule has 2 N–H and O–H groups in total. The van der Waals surface area contributed by atoms with Crippen LogP contribution in [0.5, 0.6) is 5.75 Å². The smallest absolute Gasteiger partial charge is 0.188 e. The molecule has 1 aliphatic rings. The molecule has 1 aliphatic heterocycles. The zero-order valence-electron chi connectivity index (χ0n) is 11.1. The maximum absolute atomic E-state index is 5.38. The lowest BCUT2D eigenvalue weighted by Gasteiger charge is -2.07. The lowest BCUT2D eigenvalue weighted by molar-refractivity contribution is 0.0511. The van der Waals surface area contributed by atoms with Gasteiger partial charge in [0, 0.05) is 12.0 Å². The first-order valence-electron chi connectivity index (χ1n) is 6.36. The molecular formula is C15H16N2O2S. The van der Waals surface area contributed by atoms with E-state index < -0.39 is 0 Å². The highest BCUT2D eigenvalue weighted by Crippen LogP contribution is 2.27. The second kappa shape index (κ2) is 6.09. The van der Waals surface area contributed by atoms with E-state index in [-0.39, 0.29) is 12.8 Å². The van der Waals surface area contributed by atoms with Crippen LogP contribution in [0.15, 0.2) is 47.9 Å². The van der Waals surface area contributed by atoms with E-state index in [1.807, 2.05) is 24.3 Å². The Balaban J connectivity index is 1.72. The number of hydrogen-bond acceptors (Lipinski definition) is 5. The van der Waals surface area contributed by atoms with Crippen molar-refractivity contribution in [3.8, 4) is 5.75 Å². The highest BCUT2D eigenvalue weighted by atomic mass is 32.1. The van der Waals surface area contributed by atoms with E-state index in [1.165, 1.54) is 4.88 Å². The summed E-state index contributed by atoms with van der Waals surface area (Å²) in [5.74, 6) is 0.803. The number of hydrogen-bond donors (Lipinski definition) is 2. The molecule has 0 saturated heterocycles. The monoisotopic (exact) mass is 288 g/mol. The second-order valence-corrected chi connectivity index (χ2v) is 5.40. The van der Waals surface area contributed by atoms with E-state index in [0.29, 0.717) is 0 Å². The first kappa shape index (κ1) is 13.2. The van der Waals surface area contributed by atoms with Crippen molar-refractivity contribution in [2.24, 2.45) is 0 Å². The standard InChI is InChI=1S/C15H16N2O2S/c1-18-10-19-12-6-4-11(5-7-12)13-9-14(17-16-13)15-3-2-8-20-15/h2-9,14,16-17H,10H2,1H3. The number of rotatable bonds is 5. The summed E-state index contributed by atoms with van der Waals surface area (Å²) in [6, 6.07) is 12.4. The summed E-state index contributed by atoms with van der Waals surface area (Å²) in [7, 11) is 1.61. The summed E-state index contributed by atoms with van der Waals surface area (Å²) < 4.78 is 10.3. The average Bonchev–Trinajstić information content (AvgIpc) is 3.16. The Bertz CT molecular complexity index is 578. The normalized spacial score (nSPS) is 17.6. The van der Waals surface area contributed by atoms with Gasteiger partial charge in [0.1, 0.15) is 5.75 Å². The van der Waals surface area contributed by atoms with Crippen LogP contribution in [0.1, 0.15) is 16.5 Å². The summed E-state index contributed by atoms with van der Waals surface area (Å²) in [5, 5.41) is 2.09. The maximum atomic E-state index is 5.38. The van der Waals surface area contributed by atoms with Gasteiger partial charge in [-0.15, -0.1) is 11.3 Å². The molecule has 1 aromatic carbocycles. The molecule has 1 aromatic heterocycles. The molecule has 2 aromatic rings. The molecule has 0 bridgehead atoms. The minimum Gasteiger partial charge on any atom is -0.468 e. The molecular weight excluding hydrogens is 272 g/mol. The van der Waals surface area contributed by atoms with Crippen LogP contribution < -0.4 is 15.6 Å². The zero-order chi connectivity index (χ0) is 13.8. The van der Waals surface area contributed by atoms with Gasteiger partial charge in [0.25, 0.3) is 0 Å². The van der Waals surface area contributed by atoms with Crippen LogP contribution in [-0.4, -0.2) is 13.9 Å². The zero-order valence-corrected chi connectivity index (χ0v) is 11.9. The molecule has 20 heavy (non-hydrogen) atoms. The molecule has 0 radical (unpaired) electrons. The third-order valence-corrected chi connectivity index (χ3v) is 4.01. The second-order valence-electron chi connectivity index (χ2n) is 4.42. The lowest BCUT2D eigenvalue weighted by Crippen LogP contribution is -2.25. The first-order valence-corrected chi connectivity index (χ1v) is 7.24. The van der Waals surface area contributed by atoms with Gasteiger partial charge in [0.15, 0.2) is 6.79 Å². The Hall–Kier alpha value is -1.82. The molecule has 0 saturated carbocycles. The number of methoxy groups -OCH3 is 1. The summed E-state index contributed by atoms with van der Waals surface area (Å²) in [6.07, 6.45) is 2.19. The van der Waals surface area contributed by atoms with E-state index in [1.54, 1.807) is 18.4 Å². The number of thiophene rings is 1. The quantitative estimate of drug-likeness (QED) is 0.830. The van der Waals surface area contributed by atoms with Gasteiger partial charge >= 0.3 is 0 Å². The molecule has 5 heteroatoms. The Morgan fingerprint density at radius 1 is 1.20 bits per heavy atom. The van der Waals surface area contributed by atoms with Crippen molar-refractivity contribution in [2.45, 2.75) is 6.04 Å². The van der Waals surface area contributed by atoms with Gasteiger partial charge in [0.05, 0.1) is 11.7 Å². The Morgan fingerprint density at radius 2 is 2.05 bits per heavy atom. The van der Waals surface area contributed by atoms with Crippen LogP contribution in [0.25, 0.3) is 5.70 Å². The minimum atomic E-state index is 0.231. The Labute approximate surface area is 122 Å². The number of benzene rings is 1. The molecule has 1 atom stereocenters. The topological polar surface area (TPSA) is 42.5 Å². The van der Waals surface area contributed by atoms with Crippen molar-refractivity contribution in [3.05, 3.63) is 58.3 Å². The summed E-state index contributed by atoms with van der Waals surface area (Å²) in [6.45, 7) is 0.266. The molecule has 1 unspecified atom stereocenters. The van der Waals surface area contributed by atoms with Gasteiger partial charge in [-0.3, -0.25) is 0 Å². The number of nitrogens with one attached hydrogen (secondary N) is 2. The molecule has 4 nitrogen and oxygen atoms in total. The van der Waals surface area contributed by atoms with Crippen LogP contribution >= 0.6 is 11.3 Å². The summed E-state index contributed by atoms with van der Waals surface area (Å²) >= 11 is 1.75. The van der Waals surface area contributed by atoms with E-state index in [4.69, 9.17) is 9.47 Å². The SMILES string of the molecule is COCOc1ccc(C2=CC(c3cccs3)NN2)cc1. The van der Waals surface area contributed by atoms with Gasteiger partial charge < -0.3 is 14.9 Å². The number of hydrazine groups is 1.